The number of carbonyl (C=O) groups is 1. The third-order valence-electron chi connectivity index (χ3n) is 3.31. The number of carbonyl (C=O) groups excluding carboxylic acids is 1. The highest BCUT2D eigenvalue weighted by Crippen LogP contribution is 2.22. The fourth-order valence-electron chi connectivity index (χ4n) is 2.19. The SMILES string of the molecule is CCC/C=C/CCC1=NC=C[N+]1(CC(=O)[O-])C(C)N. The van der Waals surface area contributed by atoms with Crippen LogP contribution in [0.25, 0.3) is 0 Å². The van der Waals surface area contributed by atoms with Gasteiger partial charge in [-0.25, -0.2) is 9.48 Å². The Hall–Kier alpha value is -1.46. The Kier molecular flexibility index (Phi) is 5.92. The van der Waals surface area contributed by atoms with Crippen molar-refractivity contribution in [2.75, 3.05) is 6.54 Å². The van der Waals surface area contributed by atoms with Crippen LogP contribution in [0.4, 0.5) is 0 Å². The molecule has 0 aromatic rings. The minimum atomic E-state index is -1.11. The van der Waals surface area contributed by atoms with Crippen molar-refractivity contribution in [3.8, 4) is 0 Å². The van der Waals surface area contributed by atoms with Gasteiger partial charge in [0.05, 0.1) is 12.2 Å². The molecule has 0 amide bonds. The van der Waals surface area contributed by atoms with Crippen molar-refractivity contribution >= 4 is 11.8 Å². The van der Waals surface area contributed by atoms with Gasteiger partial charge in [0.2, 0.25) is 5.84 Å². The fourth-order valence-corrected chi connectivity index (χ4v) is 2.19. The van der Waals surface area contributed by atoms with Gasteiger partial charge in [0.25, 0.3) is 0 Å². The molecule has 2 unspecified atom stereocenters. The van der Waals surface area contributed by atoms with Crippen LogP contribution in [-0.4, -0.2) is 29.0 Å². The summed E-state index contributed by atoms with van der Waals surface area (Å²) in [5.41, 5.74) is 5.95. The van der Waals surface area contributed by atoms with Crippen LogP contribution in [0, 0.1) is 0 Å². The highest BCUT2D eigenvalue weighted by molar-refractivity contribution is 5.81. The maximum Gasteiger partial charge on any atom is 0.209 e. The van der Waals surface area contributed by atoms with Gasteiger partial charge in [-0.05, 0) is 12.8 Å². The van der Waals surface area contributed by atoms with Gasteiger partial charge >= 0.3 is 0 Å². The molecule has 0 aliphatic carbocycles. The Bertz CT molecular complexity index is 399. The van der Waals surface area contributed by atoms with Crippen LogP contribution in [0.1, 0.15) is 39.5 Å². The lowest BCUT2D eigenvalue weighted by Gasteiger charge is -2.36. The summed E-state index contributed by atoms with van der Waals surface area (Å²) in [4.78, 5) is 15.2. The Morgan fingerprint density at radius 2 is 2.21 bits per heavy atom. The largest absolute Gasteiger partial charge is 0.544 e. The third-order valence-corrected chi connectivity index (χ3v) is 3.31. The van der Waals surface area contributed by atoms with E-state index < -0.39 is 5.97 Å². The van der Waals surface area contributed by atoms with E-state index in [1.54, 1.807) is 19.3 Å². The molecule has 19 heavy (non-hydrogen) atoms. The van der Waals surface area contributed by atoms with E-state index in [-0.39, 0.29) is 17.2 Å². The second kappa shape index (κ2) is 7.21. The number of hydrogen-bond donors (Lipinski definition) is 1. The first-order valence-electron chi connectivity index (χ1n) is 6.75. The monoisotopic (exact) mass is 265 g/mol. The number of quaternary nitrogens is 1. The smallest absolute Gasteiger partial charge is 0.209 e. The molecule has 1 aliphatic heterocycles. The third kappa shape index (κ3) is 4.01. The van der Waals surface area contributed by atoms with Gasteiger partial charge in [0.15, 0.2) is 0 Å². The number of carboxylic acids is 1. The molecule has 1 heterocycles. The lowest BCUT2D eigenvalue weighted by Crippen LogP contribution is -2.60. The molecule has 0 bridgehead atoms. The topological polar surface area (TPSA) is 78.5 Å². The molecule has 0 saturated heterocycles. The summed E-state index contributed by atoms with van der Waals surface area (Å²) < 4.78 is 0.0734. The molecule has 0 saturated carbocycles. The Morgan fingerprint density at radius 3 is 2.79 bits per heavy atom. The number of aliphatic imine (C=N–C) groups is 1. The van der Waals surface area contributed by atoms with Crippen molar-refractivity contribution in [1.82, 2.24) is 0 Å². The van der Waals surface area contributed by atoms with E-state index >= 15 is 0 Å². The standard InChI is InChI=1S/C14H23N3O2/c1-3-4-5-6-7-8-13-16-9-10-17(13,12(2)15)11-14(18)19/h5-6,9-10,12H,3-4,7-8,11,15H2,1-2H3/b6-5+. The zero-order valence-electron chi connectivity index (χ0n) is 11.7. The molecular formula is C14H23N3O2. The van der Waals surface area contributed by atoms with Crippen molar-refractivity contribution < 1.29 is 14.4 Å². The van der Waals surface area contributed by atoms with Gasteiger partial charge in [-0.15, -0.1) is 0 Å². The zero-order chi connectivity index (χ0) is 14.3. The summed E-state index contributed by atoms with van der Waals surface area (Å²) in [5, 5.41) is 10.9. The first-order chi connectivity index (χ1) is 9.03. The van der Waals surface area contributed by atoms with Gasteiger partial charge in [-0.3, -0.25) is 5.73 Å². The number of nitrogens with zero attached hydrogens (tertiary/aromatic N) is 2. The predicted octanol–water partition coefficient (Wildman–Crippen LogP) is 0.878. The number of amidine groups is 1. The predicted molar refractivity (Wildman–Crippen MR) is 73.6 cm³/mol. The number of allylic oxidation sites excluding steroid dienone is 2. The van der Waals surface area contributed by atoms with E-state index in [4.69, 9.17) is 5.73 Å². The summed E-state index contributed by atoms with van der Waals surface area (Å²) >= 11 is 0. The van der Waals surface area contributed by atoms with Crippen molar-refractivity contribution in [2.45, 2.75) is 45.7 Å². The van der Waals surface area contributed by atoms with Crippen molar-refractivity contribution in [3.63, 3.8) is 0 Å². The van der Waals surface area contributed by atoms with Gasteiger partial charge in [-0.1, -0.05) is 25.5 Å². The number of unbranched alkanes of at least 4 members (excludes halogenated alkanes) is 1. The Labute approximate surface area is 114 Å². The van der Waals surface area contributed by atoms with E-state index in [2.05, 4.69) is 24.1 Å². The summed E-state index contributed by atoms with van der Waals surface area (Å²) in [6.45, 7) is 3.76. The normalized spacial score (nSPS) is 23.8. The van der Waals surface area contributed by atoms with Crippen LogP contribution in [0.5, 0.6) is 0 Å². The molecule has 1 aliphatic rings. The highest BCUT2D eigenvalue weighted by atomic mass is 16.4. The molecule has 106 valence electrons. The van der Waals surface area contributed by atoms with Crippen molar-refractivity contribution in [1.29, 1.82) is 0 Å². The lowest BCUT2D eigenvalue weighted by molar-refractivity contribution is -0.808. The summed E-state index contributed by atoms with van der Waals surface area (Å²) in [5.74, 6) is -0.321. The number of hydrogen-bond acceptors (Lipinski definition) is 4. The number of rotatable bonds is 8. The van der Waals surface area contributed by atoms with Crippen LogP contribution in [0.2, 0.25) is 0 Å². The summed E-state index contributed by atoms with van der Waals surface area (Å²) in [6, 6.07) is 0. The van der Waals surface area contributed by atoms with Crippen LogP contribution in [-0.2, 0) is 4.79 Å². The van der Waals surface area contributed by atoms with E-state index in [0.717, 1.165) is 25.1 Å². The molecule has 2 N–H and O–H groups in total. The maximum absolute atomic E-state index is 10.9. The Morgan fingerprint density at radius 1 is 1.53 bits per heavy atom. The van der Waals surface area contributed by atoms with E-state index in [1.165, 1.54) is 0 Å². The number of carboxylic acid groups (broad SMARTS) is 1. The first kappa shape index (κ1) is 15.6. The van der Waals surface area contributed by atoms with E-state index in [1.807, 2.05) is 0 Å². The molecule has 0 aromatic carbocycles. The highest BCUT2D eigenvalue weighted by Gasteiger charge is 2.38. The summed E-state index contributed by atoms with van der Waals surface area (Å²) in [7, 11) is 0. The minimum absolute atomic E-state index is 0.0734. The average molecular weight is 265 g/mol. The Balaban J connectivity index is 2.68. The average Bonchev–Trinajstić information content (AvgIpc) is 2.72. The second-order valence-corrected chi connectivity index (χ2v) is 4.84. The number of nitrogens with two attached hydrogens (primary N) is 1. The molecule has 0 radical (unpaired) electrons. The zero-order valence-corrected chi connectivity index (χ0v) is 11.7. The van der Waals surface area contributed by atoms with Crippen molar-refractivity contribution in [3.05, 3.63) is 24.6 Å². The molecule has 0 aromatic heterocycles. The van der Waals surface area contributed by atoms with Gasteiger partial charge in [0.1, 0.15) is 18.9 Å². The van der Waals surface area contributed by atoms with Crippen molar-refractivity contribution in [2.24, 2.45) is 10.7 Å². The first-order valence-corrected chi connectivity index (χ1v) is 6.75. The van der Waals surface area contributed by atoms with Crippen LogP contribution < -0.4 is 10.8 Å². The van der Waals surface area contributed by atoms with Crippen LogP contribution in [0.15, 0.2) is 29.5 Å². The lowest BCUT2D eigenvalue weighted by atomic mass is 10.2. The fraction of sp³-hybridized carbons (Fsp3) is 0.571. The molecule has 0 fully saturated rings. The van der Waals surface area contributed by atoms with Gasteiger partial charge < -0.3 is 9.90 Å². The molecule has 0 spiro atoms. The summed E-state index contributed by atoms with van der Waals surface area (Å²) in [6.07, 6.45) is 11.0. The second-order valence-electron chi connectivity index (χ2n) is 4.84. The quantitative estimate of drug-likeness (QED) is 0.522. The van der Waals surface area contributed by atoms with Crippen LogP contribution in [0.3, 0.4) is 0 Å². The van der Waals surface area contributed by atoms with Gasteiger partial charge in [0, 0.05) is 13.3 Å². The maximum atomic E-state index is 10.9. The molecule has 5 heteroatoms. The molecular weight excluding hydrogens is 242 g/mol. The molecule has 2 atom stereocenters. The van der Waals surface area contributed by atoms with Gasteiger partial charge in [-0.2, -0.15) is 0 Å². The van der Waals surface area contributed by atoms with E-state index in [9.17, 15) is 9.90 Å². The molecule has 5 nitrogen and oxygen atoms in total. The number of aliphatic carboxylic acids is 1. The van der Waals surface area contributed by atoms with E-state index in [0.29, 0.717) is 6.42 Å². The minimum Gasteiger partial charge on any atom is -0.544 e. The molecule has 1 rings (SSSR count). The van der Waals surface area contributed by atoms with Crippen LogP contribution >= 0.6 is 0 Å².